The number of rotatable bonds is 6. The van der Waals surface area contributed by atoms with Gasteiger partial charge in [-0.05, 0) is 73.4 Å². The first-order chi connectivity index (χ1) is 16.0. The number of pyridine rings is 1. The SMILES string of the molecule is COc1ccc(-c2cc(C)nc(C3CCN(C(=O)c4cc(OC)ccc4OC)CC3)c2)cc1. The third-order valence-corrected chi connectivity index (χ3v) is 6.23. The molecule has 1 amide bonds. The summed E-state index contributed by atoms with van der Waals surface area (Å²) in [4.78, 5) is 19.9. The fourth-order valence-electron chi connectivity index (χ4n) is 4.38. The van der Waals surface area contributed by atoms with Gasteiger partial charge < -0.3 is 19.1 Å². The number of carbonyl (C=O) groups is 1. The van der Waals surface area contributed by atoms with E-state index in [1.54, 1.807) is 39.5 Å². The van der Waals surface area contributed by atoms with E-state index in [1.807, 2.05) is 24.0 Å². The minimum Gasteiger partial charge on any atom is -0.497 e. The second-order valence-electron chi connectivity index (χ2n) is 8.28. The molecule has 0 radical (unpaired) electrons. The van der Waals surface area contributed by atoms with E-state index in [-0.39, 0.29) is 5.91 Å². The summed E-state index contributed by atoms with van der Waals surface area (Å²) in [5.41, 5.74) is 4.91. The zero-order valence-corrected chi connectivity index (χ0v) is 19.6. The Morgan fingerprint density at radius 3 is 2.15 bits per heavy atom. The van der Waals surface area contributed by atoms with E-state index < -0.39 is 0 Å². The molecule has 0 N–H and O–H groups in total. The Morgan fingerprint density at radius 1 is 0.848 bits per heavy atom. The largest absolute Gasteiger partial charge is 0.497 e. The third kappa shape index (κ3) is 4.95. The van der Waals surface area contributed by atoms with Crippen LogP contribution in [0.1, 0.15) is 40.5 Å². The van der Waals surface area contributed by atoms with Crippen LogP contribution in [0.15, 0.2) is 54.6 Å². The number of piperidine rings is 1. The third-order valence-electron chi connectivity index (χ3n) is 6.23. The molecule has 0 aliphatic carbocycles. The van der Waals surface area contributed by atoms with Crippen LogP contribution in [0.5, 0.6) is 17.2 Å². The lowest BCUT2D eigenvalue weighted by atomic mass is 9.91. The molecule has 1 aliphatic rings. The molecular weight excluding hydrogens is 416 g/mol. The van der Waals surface area contributed by atoms with E-state index >= 15 is 0 Å². The van der Waals surface area contributed by atoms with Crippen molar-refractivity contribution in [2.75, 3.05) is 34.4 Å². The van der Waals surface area contributed by atoms with Crippen LogP contribution in [0.3, 0.4) is 0 Å². The second kappa shape index (κ2) is 9.94. The number of nitrogens with zero attached hydrogens (tertiary/aromatic N) is 2. The van der Waals surface area contributed by atoms with E-state index in [2.05, 4.69) is 24.3 Å². The zero-order valence-electron chi connectivity index (χ0n) is 19.6. The molecule has 1 aromatic heterocycles. The van der Waals surface area contributed by atoms with Crippen molar-refractivity contribution in [1.82, 2.24) is 9.88 Å². The monoisotopic (exact) mass is 446 g/mol. The first-order valence-electron chi connectivity index (χ1n) is 11.2. The molecular formula is C27H30N2O4. The number of hydrogen-bond acceptors (Lipinski definition) is 5. The number of hydrogen-bond donors (Lipinski definition) is 0. The Kier molecular flexibility index (Phi) is 6.82. The number of benzene rings is 2. The standard InChI is InChI=1S/C27H30N2O4/c1-18-15-21(19-5-7-22(31-2)8-6-19)16-25(28-18)20-11-13-29(14-12-20)27(30)24-17-23(32-3)9-10-26(24)33-4/h5-10,15-17,20H,11-14H2,1-4H3. The molecule has 33 heavy (non-hydrogen) atoms. The molecule has 1 fully saturated rings. The average molecular weight is 447 g/mol. The molecule has 6 nitrogen and oxygen atoms in total. The average Bonchev–Trinajstić information content (AvgIpc) is 2.87. The molecule has 1 aliphatic heterocycles. The van der Waals surface area contributed by atoms with Gasteiger partial charge in [-0.2, -0.15) is 0 Å². The number of amides is 1. The maximum atomic E-state index is 13.2. The molecule has 6 heteroatoms. The lowest BCUT2D eigenvalue weighted by Crippen LogP contribution is -2.38. The molecule has 0 unspecified atom stereocenters. The fraction of sp³-hybridized carbons (Fsp3) is 0.333. The van der Waals surface area contributed by atoms with Crippen LogP contribution in [0.2, 0.25) is 0 Å². The van der Waals surface area contributed by atoms with Crippen LogP contribution in [0, 0.1) is 6.92 Å². The summed E-state index contributed by atoms with van der Waals surface area (Å²) in [6, 6.07) is 17.7. The van der Waals surface area contributed by atoms with Gasteiger partial charge in [0.05, 0.1) is 26.9 Å². The Labute approximate surface area is 195 Å². The summed E-state index contributed by atoms with van der Waals surface area (Å²) in [5, 5.41) is 0. The number of carbonyl (C=O) groups excluding carboxylic acids is 1. The van der Waals surface area contributed by atoms with Gasteiger partial charge in [-0.1, -0.05) is 12.1 Å². The van der Waals surface area contributed by atoms with E-state index in [9.17, 15) is 4.79 Å². The highest BCUT2D eigenvalue weighted by molar-refractivity contribution is 5.97. The Bertz CT molecular complexity index is 1120. The van der Waals surface area contributed by atoms with Gasteiger partial charge in [0.25, 0.3) is 5.91 Å². The summed E-state index contributed by atoms with van der Waals surface area (Å²) in [6.07, 6.45) is 1.74. The number of methoxy groups -OCH3 is 3. The lowest BCUT2D eigenvalue weighted by molar-refractivity contribution is 0.0708. The van der Waals surface area contributed by atoms with E-state index in [0.717, 1.165) is 41.1 Å². The molecule has 3 aromatic rings. The lowest BCUT2D eigenvalue weighted by Gasteiger charge is -2.32. The van der Waals surface area contributed by atoms with Crippen molar-refractivity contribution < 1.29 is 19.0 Å². The second-order valence-corrected chi connectivity index (χ2v) is 8.28. The molecule has 172 valence electrons. The van der Waals surface area contributed by atoms with Crippen LogP contribution >= 0.6 is 0 Å². The zero-order chi connectivity index (χ0) is 23.4. The van der Waals surface area contributed by atoms with Crippen LogP contribution in [0.25, 0.3) is 11.1 Å². The molecule has 0 bridgehead atoms. The van der Waals surface area contributed by atoms with Gasteiger partial charge in [0.1, 0.15) is 17.2 Å². The number of aromatic nitrogens is 1. The maximum absolute atomic E-state index is 13.2. The molecule has 1 saturated heterocycles. The van der Waals surface area contributed by atoms with Crippen molar-refractivity contribution in [1.29, 1.82) is 0 Å². The minimum absolute atomic E-state index is 0.0275. The quantitative estimate of drug-likeness (QED) is 0.527. The van der Waals surface area contributed by atoms with E-state index in [1.165, 1.54) is 0 Å². The van der Waals surface area contributed by atoms with Crippen molar-refractivity contribution >= 4 is 5.91 Å². The fourth-order valence-corrected chi connectivity index (χ4v) is 4.38. The summed E-state index contributed by atoms with van der Waals surface area (Å²) < 4.78 is 16.0. The first-order valence-corrected chi connectivity index (χ1v) is 11.2. The Morgan fingerprint density at radius 2 is 1.52 bits per heavy atom. The van der Waals surface area contributed by atoms with Crippen molar-refractivity contribution in [3.8, 4) is 28.4 Å². The topological polar surface area (TPSA) is 60.9 Å². The summed E-state index contributed by atoms with van der Waals surface area (Å²) in [6.45, 7) is 3.39. The van der Waals surface area contributed by atoms with Gasteiger partial charge >= 0.3 is 0 Å². The highest BCUT2D eigenvalue weighted by atomic mass is 16.5. The highest BCUT2D eigenvalue weighted by Crippen LogP contribution is 2.33. The normalized spacial score (nSPS) is 14.1. The molecule has 0 saturated carbocycles. The van der Waals surface area contributed by atoms with Gasteiger partial charge in [0.15, 0.2) is 0 Å². The molecule has 2 aromatic carbocycles. The Balaban J connectivity index is 1.49. The van der Waals surface area contributed by atoms with E-state index in [0.29, 0.717) is 36.1 Å². The van der Waals surface area contributed by atoms with Crippen molar-refractivity contribution in [3.05, 3.63) is 71.5 Å². The van der Waals surface area contributed by atoms with Crippen molar-refractivity contribution in [2.45, 2.75) is 25.7 Å². The predicted molar refractivity (Wildman–Crippen MR) is 128 cm³/mol. The summed E-state index contributed by atoms with van der Waals surface area (Å²) >= 11 is 0. The van der Waals surface area contributed by atoms with Crippen molar-refractivity contribution in [3.63, 3.8) is 0 Å². The van der Waals surface area contributed by atoms with Gasteiger partial charge in [-0.3, -0.25) is 9.78 Å². The smallest absolute Gasteiger partial charge is 0.257 e. The van der Waals surface area contributed by atoms with Gasteiger partial charge in [-0.25, -0.2) is 0 Å². The predicted octanol–water partition coefficient (Wildman–Crippen LogP) is 5.10. The molecule has 2 heterocycles. The molecule has 4 rings (SSSR count). The first kappa shape index (κ1) is 22.6. The van der Waals surface area contributed by atoms with Crippen molar-refractivity contribution in [2.24, 2.45) is 0 Å². The number of aryl methyl sites for hydroxylation is 1. The van der Waals surface area contributed by atoms with Crippen LogP contribution in [0.4, 0.5) is 0 Å². The summed E-state index contributed by atoms with van der Waals surface area (Å²) in [5.74, 6) is 2.34. The van der Waals surface area contributed by atoms with Crippen LogP contribution in [-0.2, 0) is 0 Å². The minimum atomic E-state index is -0.0275. The van der Waals surface area contributed by atoms with Crippen LogP contribution < -0.4 is 14.2 Å². The van der Waals surface area contributed by atoms with Gasteiger partial charge in [0, 0.05) is 30.4 Å². The number of likely N-dealkylation sites (tertiary alicyclic amines) is 1. The molecule has 0 spiro atoms. The van der Waals surface area contributed by atoms with Gasteiger partial charge in [0.2, 0.25) is 0 Å². The number of ether oxygens (including phenoxy) is 3. The van der Waals surface area contributed by atoms with Crippen LogP contribution in [-0.4, -0.2) is 50.2 Å². The highest BCUT2D eigenvalue weighted by Gasteiger charge is 2.27. The Hall–Kier alpha value is -3.54. The maximum Gasteiger partial charge on any atom is 0.257 e. The van der Waals surface area contributed by atoms with Gasteiger partial charge in [-0.15, -0.1) is 0 Å². The van der Waals surface area contributed by atoms with E-state index in [4.69, 9.17) is 19.2 Å². The summed E-state index contributed by atoms with van der Waals surface area (Å²) in [7, 11) is 4.84. The molecule has 0 atom stereocenters.